The standard InChI is InChI=1S/C19H22ClFN8/c1-28-6-8-29(9-7-28)5-4-22-19-23-11-16-17(27-19)18(25-12-24-16)26-13-2-3-15(21)14(20)10-13/h2-3,10-12H,4-9H2,1H3,(H,22,23,27)(H,24,25,26). The molecule has 0 bridgehead atoms. The molecular formula is C19H22ClFN8. The fourth-order valence-corrected chi connectivity index (χ4v) is 3.32. The van der Waals surface area contributed by atoms with E-state index in [9.17, 15) is 4.39 Å². The Bertz CT molecular complexity index is 993. The van der Waals surface area contributed by atoms with Crippen LogP contribution in [0.5, 0.6) is 0 Å². The molecule has 0 unspecified atom stereocenters. The summed E-state index contributed by atoms with van der Waals surface area (Å²) < 4.78 is 13.4. The van der Waals surface area contributed by atoms with E-state index in [0.29, 0.717) is 28.5 Å². The van der Waals surface area contributed by atoms with Crippen LogP contribution in [0.2, 0.25) is 5.02 Å². The molecule has 1 aliphatic heterocycles. The van der Waals surface area contributed by atoms with E-state index >= 15 is 0 Å². The molecule has 1 fully saturated rings. The summed E-state index contributed by atoms with van der Waals surface area (Å²) in [5.74, 6) is 0.544. The van der Waals surface area contributed by atoms with Crippen LogP contribution in [0, 0.1) is 5.82 Å². The molecule has 0 atom stereocenters. The number of piperazine rings is 1. The van der Waals surface area contributed by atoms with Gasteiger partial charge in [-0.15, -0.1) is 0 Å². The van der Waals surface area contributed by atoms with Crippen LogP contribution in [0.3, 0.4) is 0 Å². The Kier molecular flexibility index (Phi) is 5.98. The number of likely N-dealkylation sites (N-methyl/N-ethyl adjacent to an activating group) is 1. The number of hydrogen-bond donors (Lipinski definition) is 2. The number of hydrogen-bond acceptors (Lipinski definition) is 8. The molecule has 0 spiro atoms. The van der Waals surface area contributed by atoms with E-state index in [1.54, 1.807) is 12.3 Å². The van der Waals surface area contributed by atoms with E-state index in [1.807, 2.05) is 0 Å². The van der Waals surface area contributed by atoms with E-state index in [-0.39, 0.29) is 5.02 Å². The van der Waals surface area contributed by atoms with Gasteiger partial charge in [0.15, 0.2) is 5.82 Å². The average Bonchev–Trinajstić information content (AvgIpc) is 2.73. The smallest absolute Gasteiger partial charge is 0.223 e. The maximum absolute atomic E-state index is 13.4. The predicted octanol–water partition coefficient (Wildman–Crippen LogP) is 2.62. The SMILES string of the molecule is CN1CCN(CCNc2ncc3ncnc(Nc4ccc(F)c(Cl)c4)c3n2)CC1. The summed E-state index contributed by atoms with van der Waals surface area (Å²) in [5.41, 5.74) is 1.80. The molecule has 4 rings (SSSR count). The van der Waals surface area contributed by atoms with Crippen molar-refractivity contribution in [3.05, 3.63) is 41.6 Å². The number of halogens is 2. The van der Waals surface area contributed by atoms with Gasteiger partial charge in [-0.1, -0.05) is 11.6 Å². The molecule has 1 aliphatic rings. The highest BCUT2D eigenvalue weighted by Gasteiger charge is 2.13. The first-order valence-corrected chi connectivity index (χ1v) is 9.81. The average molecular weight is 417 g/mol. The Morgan fingerprint density at radius 1 is 1.14 bits per heavy atom. The van der Waals surface area contributed by atoms with Crippen molar-refractivity contribution in [2.75, 3.05) is 56.9 Å². The molecule has 152 valence electrons. The highest BCUT2D eigenvalue weighted by molar-refractivity contribution is 6.31. The molecule has 29 heavy (non-hydrogen) atoms. The normalized spacial score (nSPS) is 15.6. The van der Waals surface area contributed by atoms with Gasteiger partial charge in [0.1, 0.15) is 23.2 Å². The second-order valence-corrected chi connectivity index (χ2v) is 7.38. The first-order valence-electron chi connectivity index (χ1n) is 9.43. The summed E-state index contributed by atoms with van der Waals surface area (Å²) >= 11 is 5.86. The molecule has 1 aromatic carbocycles. The number of rotatable bonds is 6. The molecule has 3 aromatic rings. The number of aromatic nitrogens is 4. The van der Waals surface area contributed by atoms with Gasteiger partial charge >= 0.3 is 0 Å². The summed E-state index contributed by atoms with van der Waals surface area (Å²) in [6, 6.07) is 4.39. The van der Waals surface area contributed by atoms with Gasteiger partial charge in [0.2, 0.25) is 5.95 Å². The molecule has 0 amide bonds. The van der Waals surface area contributed by atoms with Crippen LogP contribution < -0.4 is 10.6 Å². The first-order chi connectivity index (χ1) is 14.1. The number of benzene rings is 1. The Labute approximate surface area is 173 Å². The van der Waals surface area contributed by atoms with Crippen molar-refractivity contribution < 1.29 is 4.39 Å². The zero-order valence-electron chi connectivity index (χ0n) is 16.1. The Balaban J connectivity index is 1.46. The molecule has 1 saturated heterocycles. The van der Waals surface area contributed by atoms with E-state index in [4.69, 9.17) is 11.6 Å². The van der Waals surface area contributed by atoms with Gasteiger partial charge in [-0.3, -0.25) is 4.90 Å². The van der Waals surface area contributed by atoms with E-state index in [0.717, 1.165) is 39.3 Å². The number of nitrogens with one attached hydrogen (secondary N) is 2. The third kappa shape index (κ3) is 4.87. The van der Waals surface area contributed by atoms with Gasteiger partial charge in [0.25, 0.3) is 0 Å². The Morgan fingerprint density at radius 3 is 2.76 bits per heavy atom. The molecule has 0 aliphatic carbocycles. The molecular weight excluding hydrogens is 395 g/mol. The highest BCUT2D eigenvalue weighted by atomic mass is 35.5. The Morgan fingerprint density at radius 2 is 1.97 bits per heavy atom. The van der Waals surface area contributed by atoms with Gasteiger partial charge in [-0.2, -0.15) is 0 Å². The molecule has 2 aromatic heterocycles. The maximum Gasteiger partial charge on any atom is 0.223 e. The fraction of sp³-hybridized carbons (Fsp3) is 0.368. The molecule has 0 radical (unpaired) electrons. The predicted molar refractivity (Wildman–Crippen MR) is 112 cm³/mol. The molecule has 3 heterocycles. The maximum atomic E-state index is 13.4. The number of nitrogens with zero attached hydrogens (tertiary/aromatic N) is 6. The lowest BCUT2D eigenvalue weighted by Crippen LogP contribution is -2.45. The van der Waals surface area contributed by atoms with Crippen molar-refractivity contribution in [3.63, 3.8) is 0 Å². The van der Waals surface area contributed by atoms with Crippen molar-refractivity contribution in [3.8, 4) is 0 Å². The van der Waals surface area contributed by atoms with Crippen molar-refractivity contribution in [2.45, 2.75) is 0 Å². The highest BCUT2D eigenvalue weighted by Crippen LogP contribution is 2.25. The number of fused-ring (bicyclic) bond motifs is 1. The second-order valence-electron chi connectivity index (χ2n) is 6.98. The topological polar surface area (TPSA) is 82.1 Å². The van der Waals surface area contributed by atoms with Crippen molar-refractivity contribution in [1.82, 2.24) is 29.7 Å². The third-order valence-electron chi connectivity index (χ3n) is 4.87. The summed E-state index contributed by atoms with van der Waals surface area (Å²) in [4.78, 5) is 22.1. The first kappa shape index (κ1) is 19.7. The van der Waals surface area contributed by atoms with Crippen molar-refractivity contribution in [2.24, 2.45) is 0 Å². The van der Waals surface area contributed by atoms with Gasteiger partial charge in [-0.25, -0.2) is 24.3 Å². The van der Waals surface area contributed by atoms with Crippen molar-refractivity contribution >= 4 is 40.1 Å². The molecule has 10 heteroatoms. The number of anilines is 3. The minimum atomic E-state index is -0.473. The van der Waals surface area contributed by atoms with Crippen LogP contribution in [0.15, 0.2) is 30.7 Å². The zero-order chi connectivity index (χ0) is 20.2. The summed E-state index contributed by atoms with van der Waals surface area (Å²) in [7, 11) is 2.14. The van der Waals surface area contributed by atoms with Crippen LogP contribution in [-0.2, 0) is 0 Å². The lowest BCUT2D eigenvalue weighted by molar-refractivity contribution is 0.158. The van der Waals surface area contributed by atoms with E-state index in [2.05, 4.69) is 47.4 Å². The minimum absolute atomic E-state index is 0.0363. The third-order valence-corrected chi connectivity index (χ3v) is 5.16. The van der Waals surface area contributed by atoms with Gasteiger partial charge in [0.05, 0.1) is 11.2 Å². The zero-order valence-corrected chi connectivity index (χ0v) is 16.8. The van der Waals surface area contributed by atoms with E-state index < -0.39 is 5.82 Å². The van der Waals surface area contributed by atoms with Crippen LogP contribution >= 0.6 is 11.6 Å². The monoisotopic (exact) mass is 416 g/mol. The second kappa shape index (κ2) is 8.81. The lowest BCUT2D eigenvalue weighted by atomic mass is 10.3. The summed E-state index contributed by atoms with van der Waals surface area (Å²) in [6.45, 7) is 6.00. The largest absolute Gasteiger partial charge is 0.353 e. The van der Waals surface area contributed by atoms with E-state index in [1.165, 1.54) is 18.5 Å². The van der Waals surface area contributed by atoms with Crippen LogP contribution in [-0.4, -0.2) is 76.1 Å². The summed E-state index contributed by atoms with van der Waals surface area (Å²) in [5, 5.41) is 6.43. The van der Waals surface area contributed by atoms with Gasteiger partial charge in [-0.05, 0) is 25.2 Å². The van der Waals surface area contributed by atoms with Gasteiger partial charge in [0, 0.05) is 45.0 Å². The lowest BCUT2D eigenvalue weighted by Gasteiger charge is -2.32. The van der Waals surface area contributed by atoms with Crippen molar-refractivity contribution in [1.29, 1.82) is 0 Å². The van der Waals surface area contributed by atoms with Crippen LogP contribution in [0.25, 0.3) is 11.0 Å². The van der Waals surface area contributed by atoms with Crippen LogP contribution in [0.4, 0.5) is 21.8 Å². The molecule has 8 nitrogen and oxygen atoms in total. The molecule has 2 N–H and O–H groups in total. The minimum Gasteiger partial charge on any atom is -0.353 e. The Hall–Kier alpha value is -2.62. The fourth-order valence-electron chi connectivity index (χ4n) is 3.14. The van der Waals surface area contributed by atoms with Crippen LogP contribution in [0.1, 0.15) is 0 Å². The quantitative estimate of drug-likeness (QED) is 0.634. The molecule has 0 saturated carbocycles. The summed E-state index contributed by atoms with van der Waals surface area (Å²) in [6.07, 6.45) is 3.09. The van der Waals surface area contributed by atoms with Gasteiger partial charge < -0.3 is 15.5 Å².